The third-order valence-corrected chi connectivity index (χ3v) is 4.90. The van der Waals surface area contributed by atoms with Gasteiger partial charge in [0.2, 0.25) is 5.75 Å². The van der Waals surface area contributed by atoms with Crippen LogP contribution in [0, 0.1) is 11.8 Å². The first-order valence-corrected chi connectivity index (χ1v) is 10.3. The number of aromatic amines is 1. The molecular formula is C22H30N4O5. The average Bonchev–Trinajstić information content (AvgIpc) is 3.08. The van der Waals surface area contributed by atoms with E-state index in [0.717, 1.165) is 0 Å². The third-order valence-electron chi connectivity index (χ3n) is 4.90. The zero-order valence-corrected chi connectivity index (χ0v) is 19.1. The molecule has 9 heteroatoms. The van der Waals surface area contributed by atoms with Gasteiger partial charge in [-0.25, -0.2) is 9.78 Å². The van der Waals surface area contributed by atoms with Crippen LogP contribution in [0.4, 0.5) is 0 Å². The Kier molecular flexibility index (Phi) is 6.42. The van der Waals surface area contributed by atoms with E-state index >= 15 is 0 Å². The van der Waals surface area contributed by atoms with Gasteiger partial charge in [0, 0.05) is 18.7 Å². The normalized spacial score (nSPS) is 11.5. The molecule has 9 nitrogen and oxygen atoms in total. The van der Waals surface area contributed by atoms with Crippen LogP contribution in [0.25, 0.3) is 22.6 Å². The largest absolute Gasteiger partial charge is 0.493 e. The van der Waals surface area contributed by atoms with Crippen molar-refractivity contribution >= 4 is 11.2 Å². The summed E-state index contributed by atoms with van der Waals surface area (Å²) in [6, 6.07) is 3.58. The predicted molar refractivity (Wildman–Crippen MR) is 119 cm³/mol. The fraction of sp³-hybridized carbons (Fsp3) is 0.500. The number of hydrogen-bond acceptors (Lipinski definition) is 6. The van der Waals surface area contributed by atoms with E-state index in [4.69, 9.17) is 19.2 Å². The number of ether oxygens (including phenoxy) is 3. The minimum atomic E-state index is -0.461. The summed E-state index contributed by atoms with van der Waals surface area (Å²) in [7, 11) is 4.63. The van der Waals surface area contributed by atoms with Gasteiger partial charge in [-0.2, -0.15) is 0 Å². The highest BCUT2D eigenvalue weighted by Crippen LogP contribution is 2.41. The Morgan fingerprint density at radius 2 is 1.45 bits per heavy atom. The topological polar surface area (TPSA) is 100 Å². The van der Waals surface area contributed by atoms with Crippen molar-refractivity contribution in [2.24, 2.45) is 11.8 Å². The molecule has 0 aliphatic carbocycles. The van der Waals surface area contributed by atoms with E-state index in [0.29, 0.717) is 52.9 Å². The van der Waals surface area contributed by atoms with Crippen LogP contribution in [0.3, 0.4) is 0 Å². The SMILES string of the molecule is COc1cc(-c2nc3c(c(=O)[nH]c(=O)n3CC(C)C)n2CC(C)C)cc(OC)c1OC. The number of H-pyrrole nitrogens is 1. The second-order valence-corrected chi connectivity index (χ2v) is 8.29. The average molecular weight is 431 g/mol. The highest BCUT2D eigenvalue weighted by Gasteiger charge is 2.23. The molecule has 3 rings (SSSR count). The van der Waals surface area contributed by atoms with Crippen molar-refractivity contribution in [3.05, 3.63) is 33.0 Å². The molecule has 0 radical (unpaired) electrons. The Morgan fingerprint density at radius 1 is 0.903 bits per heavy atom. The van der Waals surface area contributed by atoms with Crippen molar-refractivity contribution in [2.45, 2.75) is 40.8 Å². The zero-order chi connectivity index (χ0) is 22.9. The quantitative estimate of drug-likeness (QED) is 0.590. The van der Waals surface area contributed by atoms with Crippen molar-refractivity contribution in [1.82, 2.24) is 19.1 Å². The lowest BCUT2D eigenvalue weighted by molar-refractivity contribution is 0.324. The van der Waals surface area contributed by atoms with Crippen LogP contribution in [0.15, 0.2) is 21.7 Å². The number of imidazole rings is 1. The summed E-state index contributed by atoms with van der Waals surface area (Å²) >= 11 is 0. The Balaban J connectivity index is 2.41. The molecule has 2 aromatic heterocycles. The lowest BCUT2D eigenvalue weighted by Gasteiger charge is -2.15. The van der Waals surface area contributed by atoms with Crippen molar-refractivity contribution in [3.8, 4) is 28.6 Å². The van der Waals surface area contributed by atoms with Crippen molar-refractivity contribution in [2.75, 3.05) is 21.3 Å². The van der Waals surface area contributed by atoms with E-state index in [1.54, 1.807) is 26.4 Å². The maximum atomic E-state index is 12.8. The molecule has 0 aliphatic heterocycles. The highest BCUT2D eigenvalue weighted by molar-refractivity contribution is 5.78. The number of hydrogen-bond donors (Lipinski definition) is 1. The number of benzene rings is 1. The molecule has 1 N–H and O–H groups in total. The fourth-order valence-electron chi connectivity index (χ4n) is 3.68. The number of nitrogens with one attached hydrogen (secondary N) is 1. The number of nitrogens with zero attached hydrogens (tertiary/aromatic N) is 3. The first kappa shape index (κ1) is 22.5. The Hall–Kier alpha value is -3.23. The molecule has 1 aromatic carbocycles. The van der Waals surface area contributed by atoms with Gasteiger partial charge in [-0.3, -0.25) is 14.3 Å². The van der Waals surface area contributed by atoms with E-state index < -0.39 is 11.2 Å². The molecule has 168 valence electrons. The van der Waals surface area contributed by atoms with Gasteiger partial charge in [-0.1, -0.05) is 27.7 Å². The van der Waals surface area contributed by atoms with Crippen LogP contribution in [0.2, 0.25) is 0 Å². The summed E-state index contributed by atoms with van der Waals surface area (Å²) in [5, 5.41) is 0. The summed E-state index contributed by atoms with van der Waals surface area (Å²) in [5.74, 6) is 2.42. The minimum Gasteiger partial charge on any atom is -0.493 e. The van der Waals surface area contributed by atoms with Crippen LogP contribution < -0.4 is 25.5 Å². The summed E-state index contributed by atoms with van der Waals surface area (Å²) in [6.07, 6.45) is 0. The molecule has 0 spiro atoms. The van der Waals surface area contributed by atoms with Gasteiger partial charge in [-0.05, 0) is 24.0 Å². The van der Waals surface area contributed by atoms with Crippen molar-refractivity contribution < 1.29 is 14.2 Å². The molecule has 0 saturated carbocycles. The van der Waals surface area contributed by atoms with Crippen LogP contribution >= 0.6 is 0 Å². The van der Waals surface area contributed by atoms with Crippen molar-refractivity contribution in [1.29, 1.82) is 0 Å². The number of fused-ring (bicyclic) bond motifs is 1. The molecule has 0 saturated heterocycles. The molecular weight excluding hydrogens is 400 g/mol. The summed E-state index contributed by atoms with van der Waals surface area (Å²) in [6.45, 7) is 9.13. The van der Waals surface area contributed by atoms with Gasteiger partial charge in [0.05, 0.1) is 21.3 Å². The number of rotatable bonds is 8. The van der Waals surface area contributed by atoms with Gasteiger partial charge < -0.3 is 18.8 Å². The molecule has 0 unspecified atom stereocenters. The molecule has 0 bridgehead atoms. The number of aromatic nitrogens is 4. The van der Waals surface area contributed by atoms with Gasteiger partial charge in [0.15, 0.2) is 22.7 Å². The van der Waals surface area contributed by atoms with Crippen LogP contribution in [-0.2, 0) is 13.1 Å². The number of methoxy groups -OCH3 is 3. The molecule has 0 amide bonds. The maximum Gasteiger partial charge on any atom is 0.330 e. The van der Waals surface area contributed by atoms with Crippen LogP contribution in [0.5, 0.6) is 17.2 Å². The van der Waals surface area contributed by atoms with E-state index in [9.17, 15) is 9.59 Å². The summed E-state index contributed by atoms with van der Waals surface area (Å²) in [4.78, 5) is 32.6. The molecule has 0 fully saturated rings. The first-order chi connectivity index (χ1) is 14.7. The summed E-state index contributed by atoms with van der Waals surface area (Å²) < 4.78 is 19.8. The lowest BCUT2D eigenvalue weighted by atomic mass is 10.1. The monoisotopic (exact) mass is 430 g/mol. The summed E-state index contributed by atoms with van der Waals surface area (Å²) in [5.41, 5.74) is 0.516. The smallest absolute Gasteiger partial charge is 0.330 e. The third kappa shape index (κ3) is 4.17. The molecule has 0 atom stereocenters. The second kappa shape index (κ2) is 8.87. The fourth-order valence-corrected chi connectivity index (χ4v) is 3.68. The zero-order valence-electron chi connectivity index (χ0n) is 19.1. The molecule has 31 heavy (non-hydrogen) atoms. The maximum absolute atomic E-state index is 12.8. The second-order valence-electron chi connectivity index (χ2n) is 8.29. The van der Waals surface area contributed by atoms with Gasteiger partial charge >= 0.3 is 5.69 Å². The Morgan fingerprint density at radius 3 is 1.94 bits per heavy atom. The lowest BCUT2D eigenvalue weighted by Crippen LogP contribution is -2.32. The first-order valence-electron chi connectivity index (χ1n) is 10.3. The standard InChI is InChI=1S/C22H30N4O5/c1-12(2)10-25-17-20(26(11-13(3)4)22(28)24-21(17)27)23-19(25)14-8-15(29-5)18(31-7)16(9-14)30-6/h8-9,12-13H,10-11H2,1-7H3,(H,24,27,28). The molecule has 0 aliphatic rings. The minimum absolute atomic E-state index is 0.201. The molecule has 2 heterocycles. The molecule has 3 aromatic rings. The van der Waals surface area contributed by atoms with E-state index in [1.165, 1.54) is 11.7 Å². The van der Waals surface area contributed by atoms with E-state index in [-0.39, 0.29) is 11.8 Å². The highest BCUT2D eigenvalue weighted by atomic mass is 16.5. The van der Waals surface area contributed by atoms with Gasteiger partial charge in [0.25, 0.3) is 5.56 Å². The van der Waals surface area contributed by atoms with Gasteiger partial charge in [0.1, 0.15) is 5.82 Å². The van der Waals surface area contributed by atoms with Crippen molar-refractivity contribution in [3.63, 3.8) is 0 Å². The van der Waals surface area contributed by atoms with Crippen LogP contribution in [-0.4, -0.2) is 40.4 Å². The Labute approximate surface area is 180 Å². The van der Waals surface area contributed by atoms with Gasteiger partial charge in [-0.15, -0.1) is 0 Å². The van der Waals surface area contributed by atoms with E-state index in [2.05, 4.69) is 18.8 Å². The predicted octanol–water partition coefficient (Wildman–Crippen LogP) is 2.89. The van der Waals surface area contributed by atoms with E-state index in [1.807, 2.05) is 18.4 Å². The Bertz CT molecular complexity index is 1180. The van der Waals surface area contributed by atoms with Crippen LogP contribution in [0.1, 0.15) is 27.7 Å².